The molecule has 5 aromatic rings. The van der Waals surface area contributed by atoms with Crippen LogP contribution >= 0.6 is 0 Å². The van der Waals surface area contributed by atoms with E-state index >= 15 is 0 Å². The maximum Gasteiger partial charge on any atom is 0.335 e. The Morgan fingerprint density at radius 1 is 1.07 bits per heavy atom. The predicted octanol–water partition coefficient (Wildman–Crippen LogP) is 6.57. The molecule has 0 saturated heterocycles. The third-order valence-corrected chi connectivity index (χ3v) is 7.31. The van der Waals surface area contributed by atoms with E-state index in [0.717, 1.165) is 16.9 Å². The molecule has 0 spiro atoms. The van der Waals surface area contributed by atoms with Crippen LogP contribution in [0.3, 0.4) is 0 Å². The minimum atomic E-state index is -1.04. The van der Waals surface area contributed by atoms with E-state index in [1.807, 2.05) is 32.9 Å². The van der Waals surface area contributed by atoms with E-state index < -0.39 is 16.5 Å². The number of fused-ring (bicyclic) bond motifs is 1. The molecular weight excluding hydrogens is 576 g/mol. The first-order chi connectivity index (χ1) is 21.6. The molecule has 0 atom stereocenters. The summed E-state index contributed by atoms with van der Waals surface area (Å²) < 4.78 is 12.8. The molecule has 0 unspecified atom stereocenters. The Hall–Kier alpha value is -5.84. The number of benzene rings is 4. The maximum atomic E-state index is 13.8. The fourth-order valence-corrected chi connectivity index (χ4v) is 4.88. The van der Waals surface area contributed by atoms with Crippen LogP contribution in [-0.2, 0) is 6.61 Å². The second-order valence-electron chi connectivity index (χ2n) is 10.6. The van der Waals surface area contributed by atoms with Crippen molar-refractivity contribution in [1.29, 1.82) is 0 Å². The van der Waals surface area contributed by atoms with Crippen LogP contribution in [0.1, 0.15) is 52.4 Å². The van der Waals surface area contributed by atoms with Crippen LogP contribution in [0.5, 0.6) is 11.5 Å². The topological polar surface area (TPSA) is 146 Å². The van der Waals surface area contributed by atoms with Crippen LogP contribution < -0.4 is 15.0 Å². The first-order valence-electron chi connectivity index (χ1n) is 14.1. The van der Waals surface area contributed by atoms with E-state index in [1.54, 1.807) is 43.5 Å². The van der Waals surface area contributed by atoms with Crippen molar-refractivity contribution in [2.75, 3.05) is 7.11 Å². The average molecular weight is 607 g/mol. The Kier molecular flexibility index (Phi) is 8.71. The van der Waals surface area contributed by atoms with Crippen molar-refractivity contribution in [3.05, 3.63) is 127 Å². The first kappa shape index (κ1) is 30.6. The van der Waals surface area contributed by atoms with Gasteiger partial charge >= 0.3 is 5.97 Å². The lowest BCUT2D eigenvalue weighted by molar-refractivity contribution is -0.384. The van der Waals surface area contributed by atoms with Gasteiger partial charge in [-0.05, 0) is 72.0 Å². The van der Waals surface area contributed by atoms with E-state index in [9.17, 15) is 19.7 Å². The highest BCUT2D eigenvalue weighted by molar-refractivity contribution is 5.87. The molecule has 0 aliphatic rings. The number of aryl methyl sites for hydroxylation is 1. The molecule has 0 aliphatic carbocycles. The summed E-state index contributed by atoms with van der Waals surface area (Å²) in [6.07, 6.45) is 1.33. The van der Waals surface area contributed by atoms with Crippen molar-refractivity contribution in [3.63, 3.8) is 0 Å². The van der Waals surface area contributed by atoms with Gasteiger partial charge in [0, 0.05) is 23.3 Å². The number of nitro groups is 1. The number of para-hydroxylation sites is 1. The van der Waals surface area contributed by atoms with E-state index in [0.29, 0.717) is 27.9 Å². The van der Waals surface area contributed by atoms with Crippen molar-refractivity contribution >= 4 is 28.8 Å². The Labute approximate surface area is 258 Å². The summed E-state index contributed by atoms with van der Waals surface area (Å²) in [5.41, 5.74) is 3.41. The normalized spacial score (nSPS) is 11.3. The highest BCUT2D eigenvalue weighted by atomic mass is 16.6. The van der Waals surface area contributed by atoms with Gasteiger partial charge in [-0.2, -0.15) is 9.78 Å². The molecule has 4 aromatic carbocycles. The van der Waals surface area contributed by atoms with E-state index in [4.69, 9.17) is 19.6 Å². The highest BCUT2D eigenvalue weighted by Crippen LogP contribution is 2.34. The number of carboxylic acids is 1. The maximum absolute atomic E-state index is 13.8. The lowest BCUT2D eigenvalue weighted by Crippen LogP contribution is -2.21. The predicted molar refractivity (Wildman–Crippen MR) is 171 cm³/mol. The van der Waals surface area contributed by atoms with Crippen molar-refractivity contribution in [3.8, 4) is 22.9 Å². The molecule has 1 N–H and O–H groups in total. The van der Waals surface area contributed by atoms with E-state index in [-0.39, 0.29) is 35.1 Å². The number of ether oxygens (including phenoxy) is 2. The third kappa shape index (κ3) is 6.42. The summed E-state index contributed by atoms with van der Waals surface area (Å²) in [4.78, 5) is 40.9. The fraction of sp³-hybridized carbons (Fsp3) is 0.176. The smallest absolute Gasteiger partial charge is 0.335 e. The number of rotatable bonds is 10. The third-order valence-electron chi connectivity index (χ3n) is 7.31. The zero-order valence-electron chi connectivity index (χ0n) is 25.1. The number of nitrogens with zero attached hydrogens (tertiary/aromatic N) is 4. The fourth-order valence-electron chi connectivity index (χ4n) is 4.88. The number of aromatic nitrogens is 2. The average Bonchev–Trinajstić information content (AvgIpc) is 3.03. The zero-order valence-corrected chi connectivity index (χ0v) is 25.1. The number of non-ortho nitro benzene ring substituents is 1. The van der Waals surface area contributed by atoms with E-state index in [1.165, 1.54) is 41.2 Å². The second-order valence-corrected chi connectivity index (χ2v) is 10.6. The molecule has 0 radical (unpaired) electrons. The van der Waals surface area contributed by atoms with Gasteiger partial charge in [-0.15, -0.1) is 0 Å². The SMILES string of the molecule is COc1cc(C)c(-c2nc3ccccc3c(=O)n2N=Cc2cc([N+](=O)[O-])ccc2OCc2ccc(C(=O)O)cc2)cc1C(C)C. The van der Waals surface area contributed by atoms with Crippen LogP contribution in [0.25, 0.3) is 22.3 Å². The Morgan fingerprint density at radius 2 is 1.80 bits per heavy atom. The molecule has 0 amide bonds. The summed E-state index contributed by atoms with van der Waals surface area (Å²) in [6, 6.07) is 21.0. The summed E-state index contributed by atoms with van der Waals surface area (Å²) in [5, 5.41) is 25.7. The van der Waals surface area contributed by atoms with Crippen molar-refractivity contribution in [2.45, 2.75) is 33.3 Å². The van der Waals surface area contributed by atoms with Crippen molar-refractivity contribution < 1.29 is 24.3 Å². The Morgan fingerprint density at radius 3 is 2.47 bits per heavy atom. The van der Waals surface area contributed by atoms with Crippen LogP contribution in [0, 0.1) is 17.0 Å². The lowest BCUT2D eigenvalue weighted by atomic mass is 9.96. The second kappa shape index (κ2) is 12.8. The molecular formula is C34H30N4O7. The van der Waals surface area contributed by atoms with Crippen molar-refractivity contribution in [2.24, 2.45) is 5.10 Å². The number of methoxy groups -OCH3 is 1. The number of carbonyl (C=O) groups is 1. The van der Waals surface area contributed by atoms with Crippen LogP contribution in [-0.4, -0.2) is 39.0 Å². The van der Waals surface area contributed by atoms with Gasteiger partial charge in [0.15, 0.2) is 5.82 Å². The molecule has 1 aromatic heterocycles. The molecule has 0 bridgehead atoms. The van der Waals surface area contributed by atoms with Crippen LogP contribution in [0.15, 0.2) is 88.8 Å². The van der Waals surface area contributed by atoms with Crippen LogP contribution in [0.4, 0.5) is 5.69 Å². The van der Waals surface area contributed by atoms with Gasteiger partial charge in [-0.1, -0.05) is 38.1 Å². The zero-order chi connectivity index (χ0) is 32.2. The molecule has 11 heteroatoms. The lowest BCUT2D eigenvalue weighted by Gasteiger charge is -2.17. The summed E-state index contributed by atoms with van der Waals surface area (Å²) in [6.45, 7) is 6.04. The van der Waals surface area contributed by atoms with Gasteiger partial charge in [0.1, 0.15) is 18.1 Å². The largest absolute Gasteiger partial charge is 0.496 e. The molecule has 45 heavy (non-hydrogen) atoms. The number of hydrogen-bond donors (Lipinski definition) is 1. The summed E-state index contributed by atoms with van der Waals surface area (Å²) in [5.74, 6) is 0.370. The van der Waals surface area contributed by atoms with Gasteiger partial charge in [-0.25, -0.2) is 9.78 Å². The molecule has 11 nitrogen and oxygen atoms in total. The van der Waals surface area contributed by atoms with Gasteiger partial charge < -0.3 is 14.6 Å². The molecule has 0 saturated carbocycles. The molecule has 1 heterocycles. The van der Waals surface area contributed by atoms with Gasteiger partial charge in [0.05, 0.1) is 34.7 Å². The monoisotopic (exact) mass is 606 g/mol. The Balaban J connectivity index is 1.63. The van der Waals surface area contributed by atoms with E-state index in [2.05, 4.69) is 5.10 Å². The quantitative estimate of drug-likeness (QED) is 0.107. The number of aromatic carboxylic acids is 1. The first-order valence-corrected chi connectivity index (χ1v) is 14.1. The van der Waals surface area contributed by atoms with Crippen molar-refractivity contribution in [1.82, 2.24) is 9.66 Å². The molecule has 0 fully saturated rings. The van der Waals surface area contributed by atoms with Gasteiger partial charge in [0.2, 0.25) is 0 Å². The highest BCUT2D eigenvalue weighted by Gasteiger charge is 2.19. The summed E-state index contributed by atoms with van der Waals surface area (Å²) in [7, 11) is 1.61. The summed E-state index contributed by atoms with van der Waals surface area (Å²) >= 11 is 0. The number of carboxylic acid groups (broad SMARTS) is 1. The van der Waals surface area contributed by atoms with Crippen LogP contribution in [0.2, 0.25) is 0 Å². The Bertz CT molecular complexity index is 2010. The minimum Gasteiger partial charge on any atom is -0.496 e. The minimum absolute atomic E-state index is 0.0598. The molecule has 0 aliphatic heterocycles. The number of hydrogen-bond acceptors (Lipinski definition) is 8. The molecule has 228 valence electrons. The standard InChI is InChI=1S/C34H30N4O7/c1-20(2)27-17-28(21(3)15-31(27)44-4)32-36-29-8-6-5-7-26(29)33(39)37(32)35-18-24-16-25(38(42)43)13-14-30(24)45-19-22-9-11-23(12-10-22)34(40)41/h5-18,20H,19H2,1-4H3,(H,40,41). The molecule has 5 rings (SSSR count). The van der Waals surface area contributed by atoms with Gasteiger partial charge in [-0.3, -0.25) is 14.9 Å². The number of nitro benzene ring substituents is 1. The van der Waals surface area contributed by atoms with Gasteiger partial charge in [0.25, 0.3) is 11.2 Å².